The van der Waals surface area contributed by atoms with Gasteiger partial charge in [0.25, 0.3) is 0 Å². The molecule has 1 amide bonds. The van der Waals surface area contributed by atoms with Crippen LogP contribution in [0.3, 0.4) is 0 Å². The fourth-order valence-corrected chi connectivity index (χ4v) is 1.60. The predicted octanol–water partition coefficient (Wildman–Crippen LogP) is 2.83. The zero-order valence-electron chi connectivity index (χ0n) is 9.19. The minimum absolute atomic E-state index is 0. The molecule has 1 N–H and O–H groups in total. The molecule has 0 radical (unpaired) electrons. The van der Waals surface area contributed by atoms with Crippen molar-refractivity contribution in [2.75, 3.05) is 5.32 Å². The molecule has 0 atom stereocenters. The molecule has 6 nitrogen and oxygen atoms in total. The summed E-state index contributed by atoms with van der Waals surface area (Å²) in [5.41, 5.74) is 0.621. The molecule has 0 saturated carbocycles. The maximum absolute atomic E-state index is 10.8. The second-order valence-electron chi connectivity index (χ2n) is 3.31. The lowest BCUT2D eigenvalue weighted by atomic mass is 10.2. The first-order valence-corrected chi connectivity index (χ1v) is 5.61. The molecular weight excluding hydrogens is 289 g/mol. The lowest BCUT2D eigenvalue weighted by molar-refractivity contribution is -0.114. The van der Waals surface area contributed by atoms with Gasteiger partial charge in [-0.2, -0.15) is 15.0 Å². The van der Waals surface area contributed by atoms with Crippen LogP contribution in [0.5, 0.6) is 0 Å². The van der Waals surface area contributed by atoms with Crippen LogP contribution in [0.15, 0.2) is 18.3 Å². The van der Waals surface area contributed by atoms with Gasteiger partial charge in [-0.15, -0.1) is 0 Å². The van der Waals surface area contributed by atoms with Gasteiger partial charge >= 0.3 is 0 Å². The van der Waals surface area contributed by atoms with Crippen LogP contribution in [0.25, 0.3) is 11.4 Å². The van der Waals surface area contributed by atoms with Crippen molar-refractivity contribution in [2.24, 2.45) is 0 Å². The van der Waals surface area contributed by atoms with E-state index < -0.39 is 0 Å². The fourth-order valence-electron chi connectivity index (χ4n) is 1.24. The number of carbonyl (C=O) groups is 1. The topological polar surface area (TPSA) is 80.7 Å². The number of hydrogen-bond donors (Lipinski definition) is 1. The maximum atomic E-state index is 10.8. The molecule has 8 heteroatoms. The lowest BCUT2D eigenvalue weighted by Gasteiger charge is -2.03. The van der Waals surface area contributed by atoms with Gasteiger partial charge in [-0.25, -0.2) is 4.98 Å². The van der Waals surface area contributed by atoms with E-state index in [1.807, 2.05) is 0 Å². The van der Waals surface area contributed by atoms with Crippen molar-refractivity contribution >= 4 is 34.9 Å². The highest BCUT2D eigenvalue weighted by Crippen LogP contribution is 2.18. The van der Waals surface area contributed by atoms with E-state index in [1.165, 1.54) is 13.1 Å². The van der Waals surface area contributed by atoms with Crippen molar-refractivity contribution in [2.45, 2.75) is 14.4 Å². The summed E-state index contributed by atoms with van der Waals surface area (Å²) in [6.07, 6.45) is 1.51. The summed E-state index contributed by atoms with van der Waals surface area (Å²) in [6, 6.07) is 3.32. The first kappa shape index (κ1) is 15.3. The van der Waals surface area contributed by atoms with Crippen molar-refractivity contribution in [3.8, 4) is 11.4 Å². The molecule has 0 spiro atoms. The van der Waals surface area contributed by atoms with E-state index in [1.54, 1.807) is 12.1 Å². The molecule has 19 heavy (non-hydrogen) atoms. The molecule has 0 aliphatic rings. The van der Waals surface area contributed by atoms with Crippen LogP contribution >= 0.6 is 23.2 Å². The molecule has 2 rings (SSSR count). The molecule has 0 bridgehead atoms. The smallest absolute Gasteiger partial charge is 0.227 e. The predicted molar refractivity (Wildman–Crippen MR) is 74.1 cm³/mol. The van der Waals surface area contributed by atoms with Crippen molar-refractivity contribution in [1.82, 2.24) is 19.9 Å². The normalized spacial score (nSPS) is 9.63. The number of nitrogens with zero attached hydrogens (tertiary/aromatic N) is 4. The Labute approximate surface area is 120 Å². The summed E-state index contributed by atoms with van der Waals surface area (Å²) in [4.78, 5) is 26.4. The molecular formula is C11H11Cl2N5O. The van der Waals surface area contributed by atoms with E-state index in [4.69, 9.17) is 23.2 Å². The van der Waals surface area contributed by atoms with E-state index in [9.17, 15) is 4.79 Å². The molecule has 0 aliphatic heterocycles. The summed E-state index contributed by atoms with van der Waals surface area (Å²) < 4.78 is 0. The monoisotopic (exact) mass is 299 g/mol. The van der Waals surface area contributed by atoms with Crippen LogP contribution in [-0.2, 0) is 4.79 Å². The Bertz CT molecular complexity index is 568. The van der Waals surface area contributed by atoms with Gasteiger partial charge in [0.15, 0.2) is 5.82 Å². The molecule has 2 heterocycles. The Morgan fingerprint density at radius 2 is 1.79 bits per heavy atom. The summed E-state index contributed by atoms with van der Waals surface area (Å²) in [5.74, 6) is 0.570. The summed E-state index contributed by atoms with van der Waals surface area (Å²) in [5, 5.41) is 2.57. The van der Waals surface area contributed by atoms with Gasteiger partial charge < -0.3 is 5.32 Å². The second-order valence-corrected chi connectivity index (χ2v) is 3.99. The van der Waals surface area contributed by atoms with Gasteiger partial charge in [0.1, 0.15) is 5.82 Å². The molecule has 2 aromatic rings. The number of amides is 1. The van der Waals surface area contributed by atoms with Crippen LogP contribution in [0.4, 0.5) is 5.82 Å². The van der Waals surface area contributed by atoms with Gasteiger partial charge in [0, 0.05) is 18.7 Å². The van der Waals surface area contributed by atoms with Gasteiger partial charge in [0.2, 0.25) is 16.5 Å². The van der Waals surface area contributed by atoms with Crippen LogP contribution in [0.1, 0.15) is 14.4 Å². The highest BCUT2D eigenvalue weighted by molar-refractivity contribution is 6.31. The number of carbonyl (C=O) groups excluding carboxylic acids is 1. The third-order valence-electron chi connectivity index (χ3n) is 1.91. The zero-order valence-corrected chi connectivity index (χ0v) is 10.7. The van der Waals surface area contributed by atoms with Crippen molar-refractivity contribution in [3.05, 3.63) is 28.9 Å². The number of anilines is 1. The van der Waals surface area contributed by atoms with E-state index in [2.05, 4.69) is 25.3 Å². The molecule has 0 aromatic carbocycles. The third kappa shape index (κ3) is 4.11. The van der Waals surface area contributed by atoms with Crippen molar-refractivity contribution in [1.29, 1.82) is 0 Å². The Balaban J connectivity index is 0.00000180. The Morgan fingerprint density at radius 1 is 1.16 bits per heavy atom. The van der Waals surface area contributed by atoms with E-state index in [0.29, 0.717) is 17.2 Å². The van der Waals surface area contributed by atoms with Crippen LogP contribution in [0.2, 0.25) is 10.6 Å². The zero-order chi connectivity index (χ0) is 13.1. The Morgan fingerprint density at radius 3 is 2.26 bits per heavy atom. The molecule has 100 valence electrons. The Hall–Kier alpha value is -1.79. The number of nitrogens with one attached hydrogen (secondary N) is 1. The van der Waals surface area contributed by atoms with Gasteiger partial charge in [-0.1, -0.05) is 7.43 Å². The Kier molecular flexibility index (Phi) is 5.14. The van der Waals surface area contributed by atoms with E-state index in [-0.39, 0.29) is 23.9 Å². The van der Waals surface area contributed by atoms with E-state index in [0.717, 1.165) is 0 Å². The average Bonchev–Trinajstić information content (AvgIpc) is 2.27. The summed E-state index contributed by atoms with van der Waals surface area (Å²) in [7, 11) is 0. The van der Waals surface area contributed by atoms with Gasteiger partial charge in [0.05, 0.1) is 0 Å². The highest BCUT2D eigenvalue weighted by Gasteiger charge is 2.06. The van der Waals surface area contributed by atoms with Gasteiger partial charge in [-0.05, 0) is 35.3 Å². The van der Waals surface area contributed by atoms with Crippen LogP contribution in [-0.4, -0.2) is 25.8 Å². The van der Waals surface area contributed by atoms with Crippen LogP contribution in [0, 0.1) is 0 Å². The molecule has 0 saturated heterocycles. The molecule has 0 aliphatic carbocycles. The molecule has 0 fully saturated rings. The number of rotatable bonds is 2. The standard InChI is InChI=1S/C10H7Cl2N5O.CH4/c1-5(18)14-7-3-2-6(4-13-7)8-15-9(11)17-10(12)16-8;/h2-4H,1H3,(H,13,14,18);1H4. The second kappa shape index (κ2) is 6.40. The fraction of sp³-hybridized carbons (Fsp3) is 0.182. The molecule has 0 unspecified atom stereocenters. The number of aromatic nitrogens is 4. The van der Waals surface area contributed by atoms with Crippen molar-refractivity contribution < 1.29 is 4.79 Å². The maximum Gasteiger partial charge on any atom is 0.227 e. The SMILES string of the molecule is C.CC(=O)Nc1ccc(-c2nc(Cl)nc(Cl)n2)cn1. The first-order chi connectivity index (χ1) is 8.54. The number of hydrogen-bond acceptors (Lipinski definition) is 5. The first-order valence-electron chi connectivity index (χ1n) is 4.85. The number of pyridine rings is 1. The average molecular weight is 300 g/mol. The largest absolute Gasteiger partial charge is 0.311 e. The number of halogens is 2. The minimum Gasteiger partial charge on any atom is -0.311 e. The quantitative estimate of drug-likeness (QED) is 0.922. The van der Waals surface area contributed by atoms with Crippen molar-refractivity contribution in [3.63, 3.8) is 0 Å². The minimum atomic E-state index is -0.193. The summed E-state index contributed by atoms with van der Waals surface area (Å²) >= 11 is 11.4. The van der Waals surface area contributed by atoms with E-state index >= 15 is 0 Å². The highest BCUT2D eigenvalue weighted by atomic mass is 35.5. The van der Waals surface area contributed by atoms with Gasteiger partial charge in [-0.3, -0.25) is 4.79 Å². The lowest BCUT2D eigenvalue weighted by Crippen LogP contribution is -2.07. The molecule has 2 aromatic heterocycles. The summed E-state index contributed by atoms with van der Waals surface area (Å²) in [6.45, 7) is 1.40. The third-order valence-corrected chi connectivity index (χ3v) is 2.24. The van der Waals surface area contributed by atoms with Crippen LogP contribution < -0.4 is 5.32 Å².